The molecule has 3 aromatic rings. The molecule has 98 valence electrons. The Bertz CT molecular complexity index is 731. The lowest BCUT2D eigenvalue weighted by molar-refractivity contribution is 0.655. The van der Waals surface area contributed by atoms with Gasteiger partial charge >= 0.3 is 0 Å². The number of halogens is 1. The Morgan fingerprint density at radius 3 is 2.79 bits per heavy atom. The van der Waals surface area contributed by atoms with E-state index in [2.05, 4.69) is 27.5 Å². The highest BCUT2D eigenvalue weighted by molar-refractivity contribution is 6.20. The van der Waals surface area contributed by atoms with E-state index in [4.69, 9.17) is 11.6 Å². The summed E-state index contributed by atoms with van der Waals surface area (Å²) in [4.78, 5) is 9.11. The maximum atomic E-state index is 6.26. The van der Waals surface area contributed by atoms with E-state index in [1.807, 2.05) is 31.3 Å². The molecule has 0 bridgehead atoms. The first-order chi connectivity index (χ1) is 9.22. The number of hydrogen-bond donors (Lipinski definition) is 0. The maximum Gasteiger partial charge on any atom is 0.127 e. The van der Waals surface area contributed by atoms with Crippen LogP contribution >= 0.6 is 11.6 Å². The fraction of sp³-hybridized carbons (Fsp3) is 0.333. The molecule has 2 heterocycles. The highest BCUT2D eigenvalue weighted by Gasteiger charge is 2.16. The number of nitrogens with zero attached hydrogens (tertiary/aromatic N) is 3. The summed E-state index contributed by atoms with van der Waals surface area (Å²) in [6.45, 7) is 5.05. The topological polar surface area (TPSA) is 30.7 Å². The molecule has 0 amide bonds. The second kappa shape index (κ2) is 4.82. The summed E-state index contributed by atoms with van der Waals surface area (Å²) in [5, 5.41) is 1.04. The fourth-order valence-electron chi connectivity index (χ4n) is 2.53. The molecule has 3 nitrogen and oxygen atoms in total. The van der Waals surface area contributed by atoms with Gasteiger partial charge in [-0.15, -0.1) is 11.6 Å². The zero-order valence-corrected chi connectivity index (χ0v) is 11.9. The predicted molar refractivity (Wildman–Crippen MR) is 79.6 cm³/mol. The lowest BCUT2D eigenvalue weighted by Crippen LogP contribution is -2.04. The normalized spacial score (nSPS) is 13.2. The number of rotatable bonds is 3. The molecule has 1 unspecified atom stereocenters. The molecule has 0 saturated carbocycles. The van der Waals surface area contributed by atoms with Crippen LogP contribution in [0.1, 0.15) is 31.5 Å². The Balaban J connectivity index is 2.42. The van der Waals surface area contributed by atoms with Crippen molar-refractivity contribution in [1.29, 1.82) is 0 Å². The van der Waals surface area contributed by atoms with Gasteiger partial charge in [0.2, 0.25) is 0 Å². The second-order valence-corrected chi connectivity index (χ2v) is 5.40. The first-order valence-corrected chi connectivity index (χ1v) is 7.04. The lowest BCUT2D eigenvalue weighted by Gasteiger charge is -2.10. The van der Waals surface area contributed by atoms with Gasteiger partial charge in [-0.2, -0.15) is 0 Å². The van der Waals surface area contributed by atoms with Gasteiger partial charge in [0.05, 0.1) is 22.6 Å². The molecule has 0 aliphatic rings. The summed E-state index contributed by atoms with van der Waals surface area (Å²) in [6, 6.07) is 8.17. The molecule has 3 rings (SSSR count). The first kappa shape index (κ1) is 12.4. The number of pyridine rings is 1. The molecule has 19 heavy (non-hydrogen) atoms. The molecule has 0 fully saturated rings. The zero-order chi connectivity index (χ0) is 13.4. The molecule has 4 heteroatoms. The molecule has 1 aromatic carbocycles. The number of benzene rings is 1. The molecule has 0 N–H and O–H groups in total. The van der Waals surface area contributed by atoms with Gasteiger partial charge in [0.1, 0.15) is 11.3 Å². The van der Waals surface area contributed by atoms with E-state index in [9.17, 15) is 0 Å². The van der Waals surface area contributed by atoms with Crippen LogP contribution in [0.4, 0.5) is 0 Å². The van der Waals surface area contributed by atoms with Crippen LogP contribution in [0, 0.1) is 0 Å². The maximum absolute atomic E-state index is 6.26. The summed E-state index contributed by atoms with van der Waals surface area (Å²) in [5.41, 5.74) is 3.07. The molecule has 0 spiro atoms. The Hall–Kier alpha value is -1.61. The number of aryl methyl sites for hydroxylation is 1. The number of para-hydroxylation sites is 1. The smallest absolute Gasteiger partial charge is 0.127 e. The van der Waals surface area contributed by atoms with Crippen LogP contribution in [-0.2, 0) is 6.54 Å². The monoisotopic (exact) mass is 273 g/mol. The quantitative estimate of drug-likeness (QED) is 0.666. The molecule has 0 saturated heterocycles. The van der Waals surface area contributed by atoms with Gasteiger partial charge in [-0.25, -0.2) is 4.98 Å². The van der Waals surface area contributed by atoms with Crippen LogP contribution in [0.15, 0.2) is 30.5 Å². The third-order valence-electron chi connectivity index (χ3n) is 3.31. The number of imidazole rings is 1. The van der Waals surface area contributed by atoms with Crippen LogP contribution < -0.4 is 0 Å². The van der Waals surface area contributed by atoms with E-state index in [1.165, 1.54) is 0 Å². The van der Waals surface area contributed by atoms with Crippen molar-refractivity contribution in [3.63, 3.8) is 0 Å². The molecular formula is C15H16ClN3. The Morgan fingerprint density at radius 1 is 1.26 bits per heavy atom. The van der Waals surface area contributed by atoms with Gasteiger partial charge in [-0.05, 0) is 19.4 Å². The summed E-state index contributed by atoms with van der Waals surface area (Å²) in [7, 11) is 0. The second-order valence-electron chi connectivity index (χ2n) is 4.75. The minimum Gasteiger partial charge on any atom is -0.326 e. The Morgan fingerprint density at radius 2 is 2.05 bits per heavy atom. The number of aromatic nitrogens is 3. The molecule has 2 aromatic heterocycles. The molecule has 1 atom stereocenters. The molecule has 0 aliphatic carbocycles. The van der Waals surface area contributed by atoms with Crippen LogP contribution in [0.5, 0.6) is 0 Å². The molecule has 0 aliphatic heterocycles. The van der Waals surface area contributed by atoms with Gasteiger partial charge in [0.25, 0.3) is 0 Å². The predicted octanol–water partition coefficient (Wildman–Crippen LogP) is 4.29. The van der Waals surface area contributed by atoms with Crippen LogP contribution in [0.25, 0.3) is 21.9 Å². The standard InChI is InChI=1S/C15H16ClN3/c1-3-8-19-14-11-6-4-5-7-12(11)17-9-13(14)18-15(19)10(2)16/h4-7,9-10H,3,8H2,1-2H3. The van der Waals surface area contributed by atoms with Crippen molar-refractivity contribution in [2.45, 2.75) is 32.2 Å². The Labute approximate surface area is 117 Å². The van der Waals surface area contributed by atoms with E-state index in [0.29, 0.717) is 0 Å². The zero-order valence-electron chi connectivity index (χ0n) is 11.1. The average molecular weight is 274 g/mol. The summed E-state index contributed by atoms with van der Waals surface area (Å²) in [6.07, 6.45) is 2.89. The fourth-order valence-corrected chi connectivity index (χ4v) is 2.70. The minimum absolute atomic E-state index is 0.0993. The van der Waals surface area contributed by atoms with Crippen LogP contribution in [-0.4, -0.2) is 14.5 Å². The summed E-state index contributed by atoms with van der Waals surface area (Å²) < 4.78 is 2.23. The highest BCUT2D eigenvalue weighted by Crippen LogP contribution is 2.29. The van der Waals surface area contributed by atoms with Crippen molar-refractivity contribution in [3.05, 3.63) is 36.3 Å². The van der Waals surface area contributed by atoms with Crippen molar-refractivity contribution in [2.75, 3.05) is 0 Å². The first-order valence-electron chi connectivity index (χ1n) is 6.60. The van der Waals surface area contributed by atoms with E-state index in [1.54, 1.807) is 0 Å². The van der Waals surface area contributed by atoms with Gasteiger partial charge < -0.3 is 4.57 Å². The molecule has 0 radical (unpaired) electrons. The third-order valence-corrected chi connectivity index (χ3v) is 3.51. The minimum atomic E-state index is -0.0993. The van der Waals surface area contributed by atoms with E-state index >= 15 is 0 Å². The van der Waals surface area contributed by atoms with E-state index in [-0.39, 0.29) is 5.38 Å². The van der Waals surface area contributed by atoms with Crippen molar-refractivity contribution in [2.24, 2.45) is 0 Å². The number of hydrogen-bond acceptors (Lipinski definition) is 2. The lowest BCUT2D eigenvalue weighted by atomic mass is 10.2. The van der Waals surface area contributed by atoms with Crippen molar-refractivity contribution < 1.29 is 0 Å². The SMILES string of the molecule is CCCn1c(C(C)Cl)nc2cnc3ccccc3c21. The van der Waals surface area contributed by atoms with Gasteiger partial charge in [0, 0.05) is 11.9 Å². The van der Waals surface area contributed by atoms with E-state index < -0.39 is 0 Å². The van der Waals surface area contributed by atoms with Gasteiger partial charge in [0.15, 0.2) is 0 Å². The van der Waals surface area contributed by atoms with Gasteiger partial charge in [-0.3, -0.25) is 4.98 Å². The van der Waals surface area contributed by atoms with E-state index in [0.717, 1.165) is 40.7 Å². The summed E-state index contributed by atoms with van der Waals surface area (Å²) >= 11 is 6.26. The van der Waals surface area contributed by atoms with Crippen molar-refractivity contribution in [3.8, 4) is 0 Å². The average Bonchev–Trinajstić information content (AvgIpc) is 2.79. The highest BCUT2D eigenvalue weighted by atomic mass is 35.5. The number of fused-ring (bicyclic) bond motifs is 3. The Kier molecular flexibility index (Phi) is 3.15. The van der Waals surface area contributed by atoms with Crippen LogP contribution in [0.3, 0.4) is 0 Å². The van der Waals surface area contributed by atoms with Crippen molar-refractivity contribution in [1.82, 2.24) is 14.5 Å². The number of alkyl halides is 1. The van der Waals surface area contributed by atoms with Gasteiger partial charge in [-0.1, -0.05) is 25.1 Å². The largest absolute Gasteiger partial charge is 0.326 e. The van der Waals surface area contributed by atoms with Crippen LogP contribution in [0.2, 0.25) is 0 Å². The van der Waals surface area contributed by atoms with Crippen molar-refractivity contribution >= 4 is 33.5 Å². The summed E-state index contributed by atoms with van der Waals surface area (Å²) in [5.74, 6) is 0.927. The molecular weight excluding hydrogens is 258 g/mol. The third kappa shape index (κ3) is 1.98.